The van der Waals surface area contributed by atoms with Crippen LogP contribution >= 0.6 is 0 Å². The van der Waals surface area contributed by atoms with Crippen LogP contribution in [0, 0.1) is 0 Å². The van der Waals surface area contributed by atoms with Crippen molar-refractivity contribution in [1.29, 1.82) is 0 Å². The van der Waals surface area contributed by atoms with Gasteiger partial charge in [0.15, 0.2) is 0 Å². The van der Waals surface area contributed by atoms with E-state index in [2.05, 4.69) is 24.3 Å². The zero-order valence-corrected chi connectivity index (χ0v) is 5.84. The molecule has 0 fully saturated rings. The van der Waals surface area contributed by atoms with Gasteiger partial charge in [-0.3, -0.25) is 0 Å². The van der Waals surface area contributed by atoms with Crippen molar-refractivity contribution in [2.24, 2.45) is 0 Å². The first-order valence-corrected chi connectivity index (χ1v) is 3.82. The van der Waals surface area contributed by atoms with Crippen LogP contribution in [0.3, 0.4) is 0 Å². The standard InChI is InChI=1S/C9H14/c1-2-4-6-8-9-7-5-3-1/h1-4H,5-9H2/b3-1-,4-2?. The summed E-state index contributed by atoms with van der Waals surface area (Å²) in [5.41, 5.74) is 0. The van der Waals surface area contributed by atoms with Crippen LogP contribution in [-0.4, -0.2) is 0 Å². The summed E-state index contributed by atoms with van der Waals surface area (Å²) < 4.78 is 0. The van der Waals surface area contributed by atoms with Crippen molar-refractivity contribution in [2.45, 2.75) is 32.1 Å². The Balaban J connectivity index is 2.28. The maximum atomic E-state index is 2.25. The highest BCUT2D eigenvalue weighted by atomic mass is 13.9. The highest BCUT2D eigenvalue weighted by molar-refractivity contribution is 5.02. The lowest BCUT2D eigenvalue weighted by molar-refractivity contribution is 0.698. The number of hydrogen-bond acceptors (Lipinski definition) is 0. The maximum Gasteiger partial charge on any atom is -0.0348 e. The summed E-state index contributed by atoms with van der Waals surface area (Å²) in [5.74, 6) is 0. The molecular weight excluding hydrogens is 108 g/mol. The smallest absolute Gasteiger partial charge is 0.0348 e. The number of rotatable bonds is 0. The third kappa shape index (κ3) is 3.12. The second-order valence-corrected chi connectivity index (χ2v) is 2.49. The van der Waals surface area contributed by atoms with Crippen molar-refractivity contribution in [3.63, 3.8) is 0 Å². The topological polar surface area (TPSA) is 0 Å². The zero-order valence-electron chi connectivity index (χ0n) is 5.84. The summed E-state index contributed by atoms with van der Waals surface area (Å²) in [4.78, 5) is 0. The molecule has 0 aromatic carbocycles. The molecule has 1 aliphatic rings. The van der Waals surface area contributed by atoms with Crippen molar-refractivity contribution in [2.75, 3.05) is 0 Å². The molecule has 0 nitrogen and oxygen atoms in total. The molecule has 0 aliphatic heterocycles. The van der Waals surface area contributed by atoms with Crippen molar-refractivity contribution < 1.29 is 0 Å². The van der Waals surface area contributed by atoms with Gasteiger partial charge in [-0.1, -0.05) is 30.7 Å². The fraction of sp³-hybridized carbons (Fsp3) is 0.556. The molecule has 0 unspecified atom stereocenters. The predicted octanol–water partition coefficient (Wildman–Crippen LogP) is 3.06. The average Bonchev–Trinajstić information content (AvgIpc) is 2.00. The van der Waals surface area contributed by atoms with Gasteiger partial charge in [0.25, 0.3) is 0 Å². The predicted molar refractivity (Wildman–Crippen MR) is 41.4 cm³/mol. The fourth-order valence-electron chi connectivity index (χ4n) is 1.05. The van der Waals surface area contributed by atoms with Gasteiger partial charge < -0.3 is 0 Å². The molecule has 1 aliphatic carbocycles. The molecule has 9 heavy (non-hydrogen) atoms. The molecule has 0 aromatic heterocycles. The van der Waals surface area contributed by atoms with Crippen LogP contribution in [-0.2, 0) is 0 Å². The van der Waals surface area contributed by atoms with Gasteiger partial charge in [-0.15, -0.1) is 0 Å². The number of allylic oxidation sites excluding steroid dienone is 4. The third-order valence-electron chi connectivity index (χ3n) is 1.62. The van der Waals surface area contributed by atoms with Gasteiger partial charge in [-0.2, -0.15) is 0 Å². The van der Waals surface area contributed by atoms with Gasteiger partial charge in [-0.25, -0.2) is 0 Å². The van der Waals surface area contributed by atoms with Crippen LogP contribution in [0.15, 0.2) is 24.3 Å². The third-order valence-corrected chi connectivity index (χ3v) is 1.62. The lowest BCUT2D eigenvalue weighted by Gasteiger charge is -1.91. The molecule has 0 heteroatoms. The lowest BCUT2D eigenvalue weighted by atomic mass is 10.1. The van der Waals surface area contributed by atoms with Crippen LogP contribution in [0.25, 0.3) is 0 Å². The first kappa shape index (κ1) is 6.60. The van der Waals surface area contributed by atoms with Crippen LogP contribution in [0.4, 0.5) is 0 Å². The molecule has 0 aromatic rings. The van der Waals surface area contributed by atoms with E-state index >= 15 is 0 Å². The van der Waals surface area contributed by atoms with Crippen molar-refractivity contribution in [3.05, 3.63) is 24.3 Å². The van der Waals surface area contributed by atoms with E-state index in [-0.39, 0.29) is 0 Å². The molecule has 0 amide bonds. The minimum atomic E-state index is 1.27. The molecular formula is C9H14. The van der Waals surface area contributed by atoms with Crippen molar-refractivity contribution in [3.8, 4) is 0 Å². The van der Waals surface area contributed by atoms with E-state index in [4.69, 9.17) is 0 Å². The van der Waals surface area contributed by atoms with Crippen LogP contribution in [0.5, 0.6) is 0 Å². The molecule has 0 saturated carbocycles. The zero-order chi connectivity index (χ0) is 6.36. The van der Waals surface area contributed by atoms with Crippen LogP contribution in [0.1, 0.15) is 32.1 Å². The van der Waals surface area contributed by atoms with E-state index < -0.39 is 0 Å². The van der Waals surface area contributed by atoms with Gasteiger partial charge >= 0.3 is 0 Å². The first-order valence-electron chi connectivity index (χ1n) is 3.82. The molecule has 0 bridgehead atoms. The molecule has 0 atom stereocenters. The summed E-state index contributed by atoms with van der Waals surface area (Å²) in [6.45, 7) is 0. The Morgan fingerprint density at radius 3 is 1.78 bits per heavy atom. The van der Waals surface area contributed by atoms with E-state index in [1.165, 1.54) is 32.1 Å². The molecule has 1 rings (SSSR count). The van der Waals surface area contributed by atoms with E-state index in [9.17, 15) is 0 Å². The van der Waals surface area contributed by atoms with Crippen molar-refractivity contribution >= 4 is 0 Å². The minimum Gasteiger partial charge on any atom is -0.0845 e. The summed E-state index contributed by atoms with van der Waals surface area (Å²) >= 11 is 0. The molecule has 0 N–H and O–H groups in total. The van der Waals surface area contributed by atoms with Gasteiger partial charge in [0.2, 0.25) is 0 Å². The van der Waals surface area contributed by atoms with Gasteiger partial charge in [0, 0.05) is 0 Å². The largest absolute Gasteiger partial charge is 0.0845 e. The Labute approximate surface area is 57.3 Å². The molecule has 0 radical (unpaired) electrons. The fourth-order valence-corrected chi connectivity index (χ4v) is 1.05. The summed E-state index contributed by atoms with van der Waals surface area (Å²) in [6, 6.07) is 0. The van der Waals surface area contributed by atoms with Crippen LogP contribution in [0.2, 0.25) is 0 Å². The van der Waals surface area contributed by atoms with Gasteiger partial charge in [0.1, 0.15) is 0 Å². The number of hydrogen-bond donors (Lipinski definition) is 0. The highest BCUT2D eigenvalue weighted by Gasteiger charge is 1.86. The molecule has 0 spiro atoms. The lowest BCUT2D eigenvalue weighted by Crippen LogP contribution is -1.72. The quantitative estimate of drug-likeness (QED) is 0.463. The summed E-state index contributed by atoms with van der Waals surface area (Å²) in [7, 11) is 0. The summed E-state index contributed by atoms with van der Waals surface area (Å²) in [5, 5.41) is 0. The van der Waals surface area contributed by atoms with Crippen LogP contribution < -0.4 is 0 Å². The Kier molecular flexibility index (Phi) is 3.20. The molecule has 0 saturated heterocycles. The van der Waals surface area contributed by atoms with Crippen molar-refractivity contribution in [1.82, 2.24) is 0 Å². The minimum absolute atomic E-state index is 1.27. The van der Waals surface area contributed by atoms with Gasteiger partial charge in [-0.05, 0) is 25.7 Å². The second kappa shape index (κ2) is 4.37. The summed E-state index contributed by atoms with van der Waals surface area (Å²) in [6.07, 6.45) is 15.5. The Morgan fingerprint density at radius 1 is 0.667 bits per heavy atom. The Bertz CT molecular complexity index is 95.2. The maximum absolute atomic E-state index is 2.25. The first-order chi connectivity index (χ1) is 4.50. The highest BCUT2D eigenvalue weighted by Crippen LogP contribution is 2.06. The van der Waals surface area contributed by atoms with E-state index in [1.807, 2.05) is 0 Å². The Hall–Kier alpha value is -0.520. The molecule has 0 heterocycles. The normalized spacial score (nSPS) is 24.0. The van der Waals surface area contributed by atoms with Gasteiger partial charge in [0.05, 0.1) is 0 Å². The second-order valence-electron chi connectivity index (χ2n) is 2.49. The van der Waals surface area contributed by atoms with E-state index in [0.29, 0.717) is 0 Å². The molecule has 50 valence electrons. The monoisotopic (exact) mass is 122 g/mol. The van der Waals surface area contributed by atoms with E-state index in [1.54, 1.807) is 0 Å². The SMILES string of the molecule is C1=CCCCCC/C=C\1. The van der Waals surface area contributed by atoms with E-state index in [0.717, 1.165) is 0 Å². The Morgan fingerprint density at radius 2 is 1.22 bits per heavy atom. The average molecular weight is 122 g/mol.